The predicted molar refractivity (Wildman–Crippen MR) is 134 cm³/mol. The summed E-state index contributed by atoms with van der Waals surface area (Å²) in [7, 11) is -3.76. The van der Waals surface area contributed by atoms with E-state index >= 15 is 0 Å². The van der Waals surface area contributed by atoms with E-state index in [1.807, 2.05) is 35.2 Å². The fourth-order valence-electron chi connectivity index (χ4n) is 4.62. The molecule has 0 spiro atoms. The number of guanidine groups is 1. The van der Waals surface area contributed by atoms with Gasteiger partial charge in [-0.2, -0.15) is 0 Å². The molecule has 2 aromatic rings. The molecule has 1 aliphatic heterocycles. The van der Waals surface area contributed by atoms with Gasteiger partial charge in [0.15, 0.2) is 0 Å². The quantitative estimate of drug-likeness (QED) is 0.564. The number of carbonyl (C=O) groups excluding carboxylic acids is 1. The molecular formula is C26H32N4O3S. The predicted octanol–water partition coefficient (Wildman–Crippen LogP) is 3.63. The highest BCUT2D eigenvalue weighted by Gasteiger charge is 2.38. The Balaban J connectivity index is 1.30. The van der Waals surface area contributed by atoms with E-state index in [4.69, 9.17) is 5.41 Å². The molecule has 0 bridgehead atoms. The minimum atomic E-state index is -3.76. The van der Waals surface area contributed by atoms with Crippen LogP contribution in [-0.2, 0) is 21.2 Å². The number of hydrogen-bond acceptors (Lipinski definition) is 4. The van der Waals surface area contributed by atoms with Crippen LogP contribution < -0.4 is 5.32 Å². The first-order valence-corrected chi connectivity index (χ1v) is 13.4. The number of carbonyl (C=O) groups is 1. The second kappa shape index (κ2) is 10.9. The topological polar surface area (TPSA) is 93.6 Å². The molecule has 2 N–H and O–H groups in total. The molecule has 2 aliphatic rings. The third-order valence-electron chi connectivity index (χ3n) is 6.52. The average Bonchev–Trinajstić information content (AvgIpc) is 3.26. The number of sulfonamides is 1. The average molecular weight is 481 g/mol. The van der Waals surface area contributed by atoms with E-state index in [-0.39, 0.29) is 22.8 Å². The third-order valence-corrected chi connectivity index (χ3v) is 8.32. The highest BCUT2D eigenvalue weighted by atomic mass is 32.2. The first kappa shape index (κ1) is 24.0. The number of benzene rings is 2. The van der Waals surface area contributed by atoms with Crippen LogP contribution >= 0.6 is 0 Å². The van der Waals surface area contributed by atoms with Crippen LogP contribution in [0.2, 0.25) is 0 Å². The smallest absolute Gasteiger partial charge is 0.266 e. The molecule has 0 unspecified atom stereocenters. The van der Waals surface area contributed by atoms with Gasteiger partial charge in [0.1, 0.15) is 0 Å². The lowest BCUT2D eigenvalue weighted by Crippen LogP contribution is -2.42. The summed E-state index contributed by atoms with van der Waals surface area (Å²) in [6.07, 6.45) is 9.44. The van der Waals surface area contributed by atoms with Crippen molar-refractivity contribution in [3.05, 3.63) is 71.8 Å². The van der Waals surface area contributed by atoms with Crippen LogP contribution in [0, 0.1) is 5.41 Å². The van der Waals surface area contributed by atoms with Crippen molar-refractivity contribution in [1.82, 2.24) is 14.5 Å². The summed E-state index contributed by atoms with van der Waals surface area (Å²) in [5, 5.41) is 11.3. The van der Waals surface area contributed by atoms with Gasteiger partial charge in [0, 0.05) is 25.2 Å². The largest absolute Gasteiger partial charge is 0.352 e. The Hall–Kier alpha value is -3.13. The molecule has 1 amide bonds. The minimum Gasteiger partial charge on any atom is -0.352 e. The Bertz CT molecular complexity index is 1120. The fourth-order valence-corrected chi connectivity index (χ4v) is 6.01. The van der Waals surface area contributed by atoms with E-state index in [0.717, 1.165) is 36.8 Å². The van der Waals surface area contributed by atoms with Crippen LogP contribution in [0.25, 0.3) is 6.08 Å². The van der Waals surface area contributed by atoms with Crippen LogP contribution in [0.15, 0.2) is 65.6 Å². The molecule has 2 fully saturated rings. The van der Waals surface area contributed by atoms with E-state index in [1.54, 1.807) is 30.3 Å². The number of hydrogen-bond donors (Lipinski definition) is 2. The van der Waals surface area contributed by atoms with Gasteiger partial charge in [0.2, 0.25) is 11.9 Å². The van der Waals surface area contributed by atoms with E-state index in [9.17, 15) is 13.2 Å². The Labute approximate surface area is 202 Å². The summed E-state index contributed by atoms with van der Waals surface area (Å²) in [5.74, 6) is -0.0691. The molecule has 2 aromatic carbocycles. The number of nitrogens with zero attached hydrogens (tertiary/aromatic N) is 2. The van der Waals surface area contributed by atoms with E-state index in [1.165, 1.54) is 16.8 Å². The van der Waals surface area contributed by atoms with Gasteiger partial charge in [-0.1, -0.05) is 61.7 Å². The second-order valence-corrected chi connectivity index (χ2v) is 10.7. The van der Waals surface area contributed by atoms with Gasteiger partial charge in [-0.3, -0.25) is 10.2 Å². The molecule has 1 aliphatic carbocycles. The van der Waals surface area contributed by atoms with Gasteiger partial charge in [-0.25, -0.2) is 12.7 Å². The molecule has 0 atom stereocenters. The summed E-state index contributed by atoms with van der Waals surface area (Å²) >= 11 is 0. The molecular weight excluding hydrogens is 448 g/mol. The van der Waals surface area contributed by atoms with Crippen molar-refractivity contribution in [1.29, 1.82) is 5.41 Å². The lowest BCUT2D eigenvalue weighted by atomic mass is 9.94. The van der Waals surface area contributed by atoms with Gasteiger partial charge in [-0.05, 0) is 48.6 Å². The van der Waals surface area contributed by atoms with Gasteiger partial charge < -0.3 is 10.2 Å². The van der Waals surface area contributed by atoms with Crippen molar-refractivity contribution in [2.45, 2.75) is 49.5 Å². The standard InChI is InChI=1S/C26H32N4O3S/c27-26-29(23-9-5-2-6-10-23)19-20-30(26)34(32,33)24-14-11-22(12-15-24)17-18-28-25(31)16-13-21-7-3-1-4-8-21/h1,3-4,7-8,11-16,23,27H,2,5-6,9-10,17-20H2,(H,28,31)/b16-13+,27-26?. The van der Waals surface area contributed by atoms with Gasteiger partial charge in [-0.15, -0.1) is 0 Å². The first-order chi connectivity index (χ1) is 16.4. The Morgan fingerprint density at radius 2 is 1.71 bits per heavy atom. The monoisotopic (exact) mass is 480 g/mol. The Morgan fingerprint density at radius 1 is 1.00 bits per heavy atom. The SMILES string of the molecule is N=C1N(C2CCCCC2)CCN1S(=O)(=O)c1ccc(CCNC(=O)/C=C/c2ccccc2)cc1. The minimum absolute atomic E-state index is 0.0993. The van der Waals surface area contributed by atoms with Gasteiger partial charge in [0.25, 0.3) is 10.0 Å². The summed E-state index contributed by atoms with van der Waals surface area (Å²) in [6, 6.07) is 16.6. The van der Waals surface area contributed by atoms with Crippen molar-refractivity contribution < 1.29 is 13.2 Å². The lowest BCUT2D eigenvalue weighted by Gasteiger charge is -2.32. The Morgan fingerprint density at radius 3 is 2.41 bits per heavy atom. The maximum atomic E-state index is 13.2. The van der Waals surface area contributed by atoms with Crippen molar-refractivity contribution >= 4 is 28.0 Å². The van der Waals surface area contributed by atoms with Crippen molar-refractivity contribution in [2.75, 3.05) is 19.6 Å². The number of rotatable bonds is 8. The second-order valence-electron chi connectivity index (χ2n) is 8.82. The third kappa shape index (κ3) is 5.67. The zero-order valence-electron chi connectivity index (χ0n) is 19.3. The normalized spacial score (nSPS) is 17.5. The maximum Gasteiger partial charge on any atom is 0.266 e. The molecule has 1 saturated heterocycles. The number of amides is 1. The molecule has 0 radical (unpaired) electrons. The van der Waals surface area contributed by atoms with Crippen LogP contribution in [0.5, 0.6) is 0 Å². The van der Waals surface area contributed by atoms with E-state index < -0.39 is 10.0 Å². The summed E-state index contributed by atoms with van der Waals surface area (Å²) in [4.78, 5) is 14.2. The maximum absolute atomic E-state index is 13.2. The van der Waals surface area contributed by atoms with Crippen molar-refractivity contribution in [3.8, 4) is 0 Å². The highest BCUT2D eigenvalue weighted by molar-refractivity contribution is 7.89. The van der Waals surface area contributed by atoms with Gasteiger partial charge >= 0.3 is 0 Å². The first-order valence-electron chi connectivity index (χ1n) is 11.9. The van der Waals surface area contributed by atoms with Crippen LogP contribution in [0.1, 0.15) is 43.2 Å². The summed E-state index contributed by atoms with van der Waals surface area (Å²) in [5.41, 5.74) is 1.90. The van der Waals surface area contributed by atoms with Crippen molar-refractivity contribution in [3.63, 3.8) is 0 Å². The van der Waals surface area contributed by atoms with Crippen molar-refractivity contribution in [2.24, 2.45) is 0 Å². The summed E-state index contributed by atoms with van der Waals surface area (Å²) < 4.78 is 27.6. The zero-order chi connectivity index (χ0) is 24.0. The van der Waals surface area contributed by atoms with E-state index in [0.29, 0.717) is 26.1 Å². The molecule has 180 valence electrons. The number of nitrogens with one attached hydrogen (secondary N) is 2. The molecule has 7 nitrogen and oxygen atoms in total. The van der Waals surface area contributed by atoms with Crippen LogP contribution in [0.4, 0.5) is 0 Å². The fraction of sp³-hybridized carbons (Fsp3) is 0.385. The molecule has 34 heavy (non-hydrogen) atoms. The lowest BCUT2D eigenvalue weighted by molar-refractivity contribution is -0.116. The zero-order valence-corrected chi connectivity index (χ0v) is 20.1. The molecule has 1 heterocycles. The highest BCUT2D eigenvalue weighted by Crippen LogP contribution is 2.28. The molecule has 4 rings (SSSR count). The van der Waals surface area contributed by atoms with E-state index in [2.05, 4.69) is 5.32 Å². The Kier molecular flexibility index (Phi) is 7.67. The molecule has 0 aromatic heterocycles. The van der Waals surface area contributed by atoms with Crippen LogP contribution in [-0.4, -0.2) is 55.2 Å². The molecule has 8 heteroatoms. The molecule has 1 saturated carbocycles. The van der Waals surface area contributed by atoms with Gasteiger partial charge in [0.05, 0.1) is 11.4 Å². The summed E-state index contributed by atoms with van der Waals surface area (Å²) in [6.45, 7) is 1.36. The van der Waals surface area contributed by atoms with Crippen LogP contribution in [0.3, 0.4) is 0 Å².